The van der Waals surface area contributed by atoms with Gasteiger partial charge in [0.1, 0.15) is 16.7 Å². The molecule has 0 aliphatic carbocycles. The summed E-state index contributed by atoms with van der Waals surface area (Å²) in [5.41, 5.74) is 7.67. The first-order valence-electron chi connectivity index (χ1n) is 8.83. The van der Waals surface area contributed by atoms with Crippen molar-refractivity contribution in [3.05, 3.63) is 35.7 Å². The number of methoxy groups -OCH3 is 1. The first-order chi connectivity index (χ1) is 13.2. The molecule has 0 fully saturated rings. The Morgan fingerprint density at radius 1 is 1.32 bits per heavy atom. The number of benzene rings is 1. The normalized spacial score (nSPS) is 11.6. The molecule has 0 radical (unpaired) electrons. The van der Waals surface area contributed by atoms with E-state index in [1.54, 1.807) is 25.0 Å². The number of amides is 1. The fraction of sp³-hybridized carbons (Fsp3) is 0.421. The summed E-state index contributed by atoms with van der Waals surface area (Å²) >= 11 is 0. The number of hydrogen-bond acceptors (Lipinski definition) is 7. The highest BCUT2D eigenvalue weighted by molar-refractivity contribution is 5.93. The van der Waals surface area contributed by atoms with Crippen molar-refractivity contribution in [2.75, 3.05) is 19.9 Å². The zero-order valence-corrected chi connectivity index (χ0v) is 16.7. The summed E-state index contributed by atoms with van der Waals surface area (Å²) in [6, 6.07) is 3.74. The van der Waals surface area contributed by atoms with Gasteiger partial charge >= 0.3 is 6.09 Å². The van der Waals surface area contributed by atoms with E-state index < -0.39 is 5.60 Å². The van der Waals surface area contributed by atoms with E-state index in [1.807, 2.05) is 39.1 Å². The minimum atomic E-state index is -0.530. The number of nitrogens with zero attached hydrogens (tertiary/aromatic N) is 4. The maximum absolute atomic E-state index is 12.1. The molecular weight excluding hydrogens is 362 g/mol. The zero-order valence-electron chi connectivity index (χ0n) is 16.7. The van der Waals surface area contributed by atoms with E-state index in [4.69, 9.17) is 19.7 Å². The number of nitrogens with two attached hydrogens (primary N) is 1. The summed E-state index contributed by atoms with van der Waals surface area (Å²) in [5, 5.41) is 8.81. The molecule has 2 N–H and O–H groups in total. The molecule has 0 atom stereocenters. The second-order valence-corrected chi connectivity index (χ2v) is 7.62. The number of anilines is 1. The molecule has 0 saturated heterocycles. The van der Waals surface area contributed by atoms with Gasteiger partial charge in [-0.05, 0) is 38.5 Å². The smallest absolute Gasteiger partial charge is 0.410 e. The van der Waals surface area contributed by atoms with Gasteiger partial charge in [-0.3, -0.25) is 4.68 Å². The summed E-state index contributed by atoms with van der Waals surface area (Å²) in [6.07, 6.45) is 3.23. The van der Waals surface area contributed by atoms with Crippen molar-refractivity contribution >= 4 is 22.9 Å². The molecule has 9 nitrogen and oxygen atoms in total. The van der Waals surface area contributed by atoms with Crippen LogP contribution in [0.15, 0.2) is 29.0 Å². The minimum absolute atomic E-state index is 0.296. The van der Waals surface area contributed by atoms with Gasteiger partial charge < -0.3 is 24.6 Å². The first kappa shape index (κ1) is 19.5. The summed E-state index contributed by atoms with van der Waals surface area (Å²) in [6.45, 7) is 6.41. The highest BCUT2D eigenvalue weighted by Crippen LogP contribution is 2.32. The van der Waals surface area contributed by atoms with Crippen molar-refractivity contribution in [2.24, 2.45) is 0 Å². The highest BCUT2D eigenvalue weighted by Gasteiger charge is 2.20. The van der Waals surface area contributed by atoms with Gasteiger partial charge in [0.25, 0.3) is 0 Å². The lowest BCUT2D eigenvalue weighted by molar-refractivity contribution is 0.0285. The van der Waals surface area contributed by atoms with Gasteiger partial charge in [0.15, 0.2) is 11.4 Å². The Balaban J connectivity index is 1.71. The van der Waals surface area contributed by atoms with Crippen molar-refractivity contribution in [3.63, 3.8) is 0 Å². The number of ether oxygens (including phenoxy) is 2. The first-order valence-corrected chi connectivity index (χ1v) is 8.83. The Hall–Kier alpha value is -3.23. The van der Waals surface area contributed by atoms with Crippen molar-refractivity contribution in [1.29, 1.82) is 0 Å². The molecule has 0 aliphatic rings. The second-order valence-electron chi connectivity index (χ2n) is 7.62. The van der Waals surface area contributed by atoms with Crippen molar-refractivity contribution in [1.82, 2.24) is 19.8 Å². The van der Waals surface area contributed by atoms with E-state index in [-0.39, 0.29) is 6.09 Å². The Kier molecular flexibility index (Phi) is 5.17. The molecular formula is C19H25N5O4. The third-order valence-corrected chi connectivity index (χ3v) is 4.00. The number of aromatic nitrogens is 3. The van der Waals surface area contributed by atoms with E-state index in [2.05, 4.69) is 10.3 Å². The molecule has 0 aliphatic heterocycles. The van der Waals surface area contributed by atoms with Gasteiger partial charge in [-0.2, -0.15) is 5.10 Å². The van der Waals surface area contributed by atoms with Gasteiger partial charge in [-0.15, -0.1) is 0 Å². The van der Waals surface area contributed by atoms with Crippen LogP contribution in [0.2, 0.25) is 0 Å². The van der Waals surface area contributed by atoms with Gasteiger partial charge in [-0.1, -0.05) is 5.16 Å². The number of carbonyl (C=O) groups excluding carboxylic acids is 1. The fourth-order valence-corrected chi connectivity index (χ4v) is 2.80. The summed E-state index contributed by atoms with van der Waals surface area (Å²) in [5.74, 6) is 0.897. The van der Waals surface area contributed by atoms with E-state index in [9.17, 15) is 4.79 Å². The van der Waals surface area contributed by atoms with Crippen LogP contribution in [0, 0.1) is 0 Å². The Bertz CT molecular complexity index is 986. The standard InChI is InChI=1S/C19H25N5O4/c1-19(2,3)27-18(25)23(4)9-13-8-21-24(11-13)10-12-6-14(26-5)16-15(7-12)28-22-17(16)20/h6-8,11H,9-10H2,1-5H3,(H2,20,22). The van der Waals surface area contributed by atoms with E-state index >= 15 is 0 Å². The topological polar surface area (TPSA) is 109 Å². The van der Waals surface area contributed by atoms with Crippen LogP contribution in [-0.2, 0) is 17.8 Å². The summed E-state index contributed by atoms with van der Waals surface area (Å²) < 4.78 is 17.8. The Morgan fingerprint density at radius 2 is 2.07 bits per heavy atom. The van der Waals surface area contributed by atoms with E-state index in [0.717, 1.165) is 11.1 Å². The van der Waals surface area contributed by atoms with Gasteiger partial charge in [-0.25, -0.2) is 4.79 Å². The average molecular weight is 387 g/mol. The minimum Gasteiger partial charge on any atom is -0.496 e. The number of fused-ring (bicyclic) bond motifs is 1. The van der Waals surface area contributed by atoms with Crippen LogP contribution in [0.25, 0.3) is 11.0 Å². The van der Waals surface area contributed by atoms with Gasteiger partial charge in [0.05, 0.1) is 26.4 Å². The lowest BCUT2D eigenvalue weighted by atomic mass is 10.1. The molecule has 28 heavy (non-hydrogen) atoms. The van der Waals surface area contributed by atoms with Crippen LogP contribution in [-0.4, -0.2) is 45.7 Å². The van der Waals surface area contributed by atoms with Crippen molar-refractivity contribution in [2.45, 2.75) is 39.5 Å². The molecule has 2 heterocycles. The van der Waals surface area contributed by atoms with Crippen LogP contribution in [0.5, 0.6) is 5.75 Å². The predicted molar refractivity (Wildman–Crippen MR) is 104 cm³/mol. The number of carbonyl (C=O) groups is 1. The van der Waals surface area contributed by atoms with E-state index in [0.29, 0.717) is 35.6 Å². The molecule has 3 aromatic rings. The number of hydrogen-bond donors (Lipinski definition) is 1. The predicted octanol–water partition coefficient (Wildman–Crippen LogP) is 3.03. The average Bonchev–Trinajstić information content (AvgIpc) is 3.19. The molecule has 0 bridgehead atoms. The summed E-state index contributed by atoms with van der Waals surface area (Å²) in [7, 11) is 3.27. The molecule has 0 unspecified atom stereocenters. The highest BCUT2D eigenvalue weighted by atomic mass is 16.6. The molecule has 0 spiro atoms. The molecule has 1 amide bonds. The van der Waals surface area contributed by atoms with Crippen LogP contribution in [0.3, 0.4) is 0 Å². The van der Waals surface area contributed by atoms with Gasteiger partial charge in [0.2, 0.25) is 0 Å². The van der Waals surface area contributed by atoms with Crippen LogP contribution >= 0.6 is 0 Å². The zero-order chi connectivity index (χ0) is 20.5. The van der Waals surface area contributed by atoms with Crippen molar-refractivity contribution < 1.29 is 18.8 Å². The maximum Gasteiger partial charge on any atom is 0.410 e. The lowest BCUT2D eigenvalue weighted by Crippen LogP contribution is -2.33. The van der Waals surface area contributed by atoms with Crippen molar-refractivity contribution in [3.8, 4) is 5.75 Å². The largest absolute Gasteiger partial charge is 0.496 e. The summed E-state index contributed by atoms with van der Waals surface area (Å²) in [4.78, 5) is 13.6. The Labute approximate surface area is 163 Å². The Morgan fingerprint density at radius 3 is 2.75 bits per heavy atom. The van der Waals surface area contributed by atoms with Crippen LogP contribution < -0.4 is 10.5 Å². The molecule has 9 heteroatoms. The third kappa shape index (κ3) is 4.36. The van der Waals surface area contributed by atoms with Crippen LogP contribution in [0.1, 0.15) is 31.9 Å². The van der Waals surface area contributed by atoms with Gasteiger partial charge in [0, 0.05) is 18.8 Å². The van der Waals surface area contributed by atoms with Crippen LogP contribution in [0.4, 0.5) is 10.6 Å². The maximum atomic E-state index is 12.1. The molecule has 1 aromatic carbocycles. The third-order valence-electron chi connectivity index (χ3n) is 4.00. The monoisotopic (exact) mass is 387 g/mol. The number of rotatable bonds is 5. The molecule has 0 saturated carbocycles. The lowest BCUT2D eigenvalue weighted by Gasteiger charge is -2.24. The second kappa shape index (κ2) is 7.41. The quantitative estimate of drug-likeness (QED) is 0.717. The number of nitrogen functional groups attached to an aromatic ring is 1. The molecule has 2 aromatic heterocycles. The fourth-order valence-electron chi connectivity index (χ4n) is 2.80. The molecule has 150 valence electrons. The molecule has 3 rings (SSSR count). The SMILES string of the molecule is COc1cc(Cn2cc(CN(C)C(=O)OC(C)(C)C)cn2)cc2onc(N)c12. The van der Waals surface area contributed by atoms with E-state index in [1.165, 1.54) is 4.90 Å².